The van der Waals surface area contributed by atoms with Crippen molar-refractivity contribution in [2.24, 2.45) is 5.73 Å². The summed E-state index contributed by atoms with van der Waals surface area (Å²) in [4.78, 5) is 4.64. The molecule has 0 bridgehead atoms. The molecule has 0 saturated carbocycles. The number of aromatic nitrogens is 1. The molecule has 1 heterocycles. The van der Waals surface area contributed by atoms with Crippen LogP contribution < -0.4 is 5.73 Å². The smallest absolute Gasteiger partial charge is 0.0929 e. The molecule has 0 aromatic carbocycles. The van der Waals surface area contributed by atoms with Crippen LogP contribution in [0, 0.1) is 0 Å². The van der Waals surface area contributed by atoms with Crippen LogP contribution in [0.1, 0.15) is 37.9 Å². The summed E-state index contributed by atoms with van der Waals surface area (Å²) >= 11 is 1.73. The summed E-state index contributed by atoms with van der Waals surface area (Å²) in [7, 11) is 1.68. The zero-order valence-corrected chi connectivity index (χ0v) is 11.4. The van der Waals surface area contributed by atoms with E-state index in [0.29, 0.717) is 6.61 Å². The number of thiazole rings is 1. The molecule has 0 aliphatic heterocycles. The Morgan fingerprint density at radius 1 is 1.50 bits per heavy atom. The first-order valence-corrected chi connectivity index (χ1v) is 6.51. The lowest BCUT2D eigenvalue weighted by Gasteiger charge is -2.14. The van der Waals surface area contributed by atoms with E-state index in [1.54, 1.807) is 18.4 Å². The number of nitrogens with two attached hydrogens (primary N) is 1. The van der Waals surface area contributed by atoms with Gasteiger partial charge in [-0.25, -0.2) is 4.98 Å². The molecule has 1 aromatic rings. The highest BCUT2D eigenvalue weighted by Crippen LogP contribution is 2.24. The van der Waals surface area contributed by atoms with Gasteiger partial charge in [-0.05, 0) is 6.42 Å². The van der Waals surface area contributed by atoms with E-state index in [-0.39, 0.29) is 11.5 Å². The maximum absolute atomic E-state index is 5.88. The Morgan fingerprint density at radius 3 is 2.69 bits per heavy atom. The minimum Gasteiger partial charge on any atom is -0.383 e. The van der Waals surface area contributed by atoms with Crippen molar-refractivity contribution in [2.45, 2.75) is 45.1 Å². The second-order valence-corrected chi connectivity index (χ2v) is 6.07. The number of methoxy groups -OCH3 is 1. The first kappa shape index (κ1) is 13.6. The second-order valence-electron chi connectivity index (χ2n) is 5.13. The normalized spacial score (nSPS) is 14.1. The van der Waals surface area contributed by atoms with Gasteiger partial charge >= 0.3 is 0 Å². The number of hydrogen-bond acceptors (Lipinski definition) is 4. The molecule has 3 nitrogen and oxygen atoms in total. The first-order valence-electron chi connectivity index (χ1n) is 5.63. The van der Waals surface area contributed by atoms with Gasteiger partial charge in [-0.1, -0.05) is 20.8 Å². The molecule has 0 aliphatic rings. The number of aryl methyl sites for hydroxylation is 1. The lowest BCUT2D eigenvalue weighted by atomic mass is 9.93. The molecule has 0 amide bonds. The molecule has 2 N–H and O–H groups in total. The van der Waals surface area contributed by atoms with Crippen LogP contribution in [-0.4, -0.2) is 24.7 Å². The zero-order valence-electron chi connectivity index (χ0n) is 10.6. The highest BCUT2D eigenvalue weighted by molar-refractivity contribution is 7.09. The van der Waals surface area contributed by atoms with Crippen molar-refractivity contribution in [3.63, 3.8) is 0 Å². The lowest BCUT2D eigenvalue weighted by molar-refractivity contribution is 0.177. The van der Waals surface area contributed by atoms with Crippen LogP contribution in [0.25, 0.3) is 0 Å². The molecule has 0 spiro atoms. The van der Waals surface area contributed by atoms with E-state index in [4.69, 9.17) is 10.5 Å². The Kier molecular flexibility index (Phi) is 4.89. The summed E-state index contributed by atoms with van der Waals surface area (Å²) in [5, 5.41) is 3.33. The fourth-order valence-electron chi connectivity index (χ4n) is 1.38. The van der Waals surface area contributed by atoms with Gasteiger partial charge in [-0.3, -0.25) is 0 Å². The minimum atomic E-state index is 0.118. The monoisotopic (exact) mass is 242 g/mol. The fourth-order valence-corrected chi connectivity index (χ4v) is 2.42. The number of ether oxygens (including phenoxy) is 1. The Balaban J connectivity index is 2.47. The van der Waals surface area contributed by atoms with Crippen molar-refractivity contribution in [1.29, 1.82) is 0 Å². The summed E-state index contributed by atoms with van der Waals surface area (Å²) in [6.45, 7) is 7.17. The first-order chi connectivity index (χ1) is 7.43. The lowest BCUT2D eigenvalue weighted by Crippen LogP contribution is -2.26. The van der Waals surface area contributed by atoms with Crippen molar-refractivity contribution >= 4 is 11.3 Å². The molecule has 0 aliphatic carbocycles. The predicted molar refractivity (Wildman–Crippen MR) is 69.0 cm³/mol. The third kappa shape index (κ3) is 4.20. The summed E-state index contributed by atoms with van der Waals surface area (Å²) in [5.74, 6) is 0. The zero-order chi connectivity index (χ0) is 12.2. The van der Waals surface area contributed by atoms with E-state index in [1.807, 2.05) is 0 Å². The van der Waals surface area contributed by atoms with Crippen molar-refractivity contribution in [3.05, 3.63) is 16.1 Å². The summed E-state index contributed by atoms with van der Waals surface area (Å²) in [6, 6.07) is 0.118. The van der Waals surface area contributed by atoms with Gasteiger partial charge in [0.1, 0.15) is 0 Å². The Hall–Kier alpha value is -0.450. The molecule has 4 heteroatoms. The van der Waals surface area contributed by atoms with Crippen molar-refractivity contribution in [3.8, 4) is 0 Å². The van der Waals surface area contributed by atoms with Crippen LogP contribution in [-0.2, 0) is 16.6 Å². The van der Waals surface area contributed by atoms with Crippen molar-refractivity contribution in [1.82, 2.24) is 4.98 Å². The van der Waals surface area contributed by atoms with E-state index < -0.39 is 0 Å². The molecule has 0 radical (unpaired) electrons. The second kappa shape index (κ2) is 5.75. The summed E-state index contributed by atoms with van der Waals surface area (Å²) in [5.41, 5.74) is 7.19. The van der Waals surface area contributed by atoms with Crippen LogP contribution in [0.4, 0.5) is 0 Å². The molecule has 0 saturated heterocycles. The van der Waals surface area contributed by atoms with Gasteiger partial charge in [0.25, 0.3) is 0 Å². The molecular weight excluding hydrogens is 220 g/mol. The predicted octanol–water partition coefficient (Wildman–Crippen LogP) is 2.35. The highest BCUT2D eigenvalue weighted by atomic mass is 32.1. The average Bonchev–Trinajstić information content (AvgIpc) is 2.63. The van der Waals surface area contributed by atoms with E-state index >= 15 is 0 Å². The molecule has 1 aromatic heterocycles. The Morgan fingerprint density at radius 2 is 2.19 bits per heavy atom. The van der Waals surface area contributed by atoms with Gasteiger partial charge in [0.05, 0.1) is 17.3 Å². The van der Waals surface area contributed by atoms with Crippen molar-refractivity contribution < 1.29 is 4.74 Å². The van der Waals surface area contributed by atoms with Gasteiger partial charge in [0.2, 0.25) is 0 Å². The quantitative estimate of drug-likeness (QED) is 0.862. The SMILES string of the molecule is COCC(N)CCc1nc(C(C)(C)C)cs1. The molecule has 1 rings (SSSR count). The van der Waals surface area contributed by atoms with E-state index in [2.05, 4.69) is 31.1 Å². The number of hydrogen-bond donors (Lipinski definition) is 1. The highest BCUT2D eigenvalue weighted by Gasteiger charge is 2.17. The maximum atomic E-state index is 5.88. The Bertz CT molecular complexity index is 317. The van der Waals surface area contributed by atoms with Crippen LogP contribution in [0.3, 0.4) is 0 Å². The van der Waals surface area contributed by atoms with E-state index in [9.17, 15) is 0 Å². The van der Waals surface area contributed by atoms with Crippen molar-refractivity contribution in [2.75, 3.05) is 13.7 Å². The Labute approximate surface area is 102 Å². The van der Waals surface area contributed by atoms with E-state index in [1.165, 1.54) is 10.7 Å². The minimum absolute atomic E-state index is 0.118. The van der Waals surface area contributed by atoms with Gasteiger partial charge in [-0.2, -0.15) is 0 Å². The average molecular weight is 242 g/mol. The number of rotatable bonds is 5. The summed E-state index contributed by atoms with van der Waals surface area (Å²) < 4.78 is 5.01. The van der Waals surface area contributed by atoms with Crippen LogP contribution in [0.15, 0.2) is 5.38 Å². The molecular formula is C12H22N2OS. The molecule has 16 heavy (non-hydrogen) atoms. The van der Waals surface area contributed by atoms with E-state index in [0.717, 1.165) is 12.8 Å². The largest absolute Gasteiger partial charge is 0.383 e. The maximum Gasteiger partial charge on any atom is 0.0929 e. The molecule has 92 valence electrons. The fraction of sp³-hybridized carbons (Fsp3) is 0.750. The summed E-state index contributed by atoms with van der Waals surface area (Å²) in [6.07, 6.45) is 1.89. The molecule has 1 unspecified atom stereocenters. The van der Waals surface area contributed by atoms with Gasteiger partial charge in [0.15, 0.2) is 0 Å². The third-order valence-corrected chi connectivity index (χ3v) is 3.34. The van der Waals surface area contributed by atoms with Crippen LogP contribution in [0.2, 0.25) is 0 Å². The number of nitrogens with zero attached hydrogens (tertiary/aromatic N) is 1. The third-order valence-electron chi connectivity index (χ3n) is 2.43. The molecule has 1 atom stereocenters. The topological polar surface area (TPSA) is 48.1 Å². The van der Waals surface area contributed by atoms with Crippen LogP contribution >= 0.6 is 11.3 Å². The van der Waals surface area contributed by atoms with Crippen LogP contribution in [0.5, 0.6) is 0 Å². The standard InChI is InChI=1S/C12H22N2OS/c1-12(2,3)10-8-16-11(14-10)6-5-9(13)7-15-4/h8-9H,5-7,13H2,1-4H3. The van der Waals surface area contributed by atoms with Gasteiger partial charge in [0, 0.05) is 30.4 Å². The molecule has 0 fully saturated rings. The van der Waals surface area contributed by atoms with Gasteiger partial charge < -0.3 is 10.5 Å². The van der Waals surface area contributed by atoms with Gasteiger partial charge in [-0.15, -0.1) is 11.3 Å².